The number of aliphatic hydroxyl groups is 1. The van der Waals surface area contributed by atoms with E-state index in [2.05, 4.69) is 13.8 Å². The molecule has 0 bridgehead atoms. The predicted octanol–water partition coefficient (Wildman–Crippen LogP) is 4.00. The highest BCUT2D eigenvalue weighted by molar-refractivity contribution is 8.07. The standard InChI is InChI=1S/C13H17ClOS2/c1-8-9(2)17-12(7-16-8)13(15)10-3-5-11(14)6-4-10/h3-6,8-9,12-13,15H,7H2,1-2H3. The fourth-order valence-electron chi connectivity index (χ4n) is 1.85. The van der Waals surface area contributed by atoms with Crippen LogP contribution >= 0.6 is 35.1 Å². The minimum atomic E-state index is -0.389. The summed E-state index contributed by atoms with van der Waals surface area (Å²) in [5.74, 6) is 1.01. The molecule has 1 aromatic rings. The summed E-state index contributed by atoms with van der Waals surface area (Å²) in [6, 6.07) is 7.52. The minimum Gasteiger partial charge on any atom is -0.387 e. The van der Waals surface area contributed by atoms with Crippen LogP contribution in [0.2, 0.25) is 5.02 Å². The first-order chi connectivity index (χ1) is 8.08. The third-order valence-electron chi connectivity index (χ3n) is 3.14. The minimum absolute atomic E-state index is 0.285. The second kappa shape index (κ2) is 5.87. The van der Waals surface area contributed by atoms with Gasteiger partial charge in [0.25, 0.3) is 0 Å². The number of benzene rings is 1. The lowest BCUT2D eigenvalue weighted by Crippen LogP contribution is -2.30. The largest absolute Gasteiger partial charge is 0.387 e. The maximum absolute atomic E-state index is 10.4. The fraction of sp³-hybridized carbons (Fsp3) is 0.538. The molecular weight excluding hydrogens is 272 g/mol. The Bertz CT molecular complexity index is 368. The summed E-state index contributed by atoms with van der Waals surface area (Å²) in [6.45, 7) is 4.50. The summed E-state index contributed by atoms with van der Waals surface area (Å²) in [6.07, 6.45) is -0.389. The van der Waals surface area contributed by atoms with E-state index < -0.39 is 0 Å². The Labute approximate surface area is 116 Å². The first kappa shape index (κ1) is 13.6. The third-order valence-corrected chi connectivity index (χ3v) is 6.87. The number of aliphatic hydroxyl groups excluding tert-OH is 1. The molecular formula is C13H17ClOS2. The van der Waals surface area contributed by atoms with Crippen LogP contribution in [0.25, 0.3) is 0 Å². The summed E-state index contributed by atoms with van der Waals surface area (Å²) < 4.78 is 0. The average Bonchev–Trinajstić information content (AvgIpc) is 2.33. The van der Waals surface area contributed by atoms with E-state index in [-0.39, 0.29) is 11.4 Å². The number of rotatable bonds is 2. The van der Waals surface area contributed by atoms with Crippen molar-refractivity contribution < 1.29 is 5.11 Å². The van der Waals surface area contributed by atoms with Crippen LogP contribution in [0.4, 0.5) is 0 Å². The molecule has 1 heterocycles. The average molecular weight is 289 g/mol. The summed E-state index contributed by atoms with van der Waals surface area (Å²) in [5.41, 5.74) is 0.967. The Morgan fingerprint density at radius 1 is 1.24 bits per heavy atom. The molecule has 0 aromatic heterocycles. The van der Waals surface area contributed by atoms with Crippen molar-refractivity contribution >= 4 is 35.1 Å². The second-order valence-electron chi connectivity index (χ2n) is 4.41. The number of halogens is 1. The zero-order chi connectivity index (χ0) is 12.4. The molecule has 2 rings (SSSR count). The fourth-order valence-corrected chi connectivity index (χ4v) is 4.98. The van der Waals surface area contributed by atoms with Crippen LogP contribution < -0.4 is 0 Å². The molecule has 1 aromatic carbocycles. The Balaban J connectivity index is 2.05. The lowest BCUT2D eigenvalue weighted by molar-refractivity contribution is 0.180. The van der Waals surface area contributed by atoms with Crippen molar-refractivity contribution in [2.45, 2.75) is 35.7 Å². The quantitative estimate of drug-likeness (QED) is 0.888. The van der Waals surface area contributed by atoms with Gasteiger partial charge in [-0.1, -0.05) is 37.6 Å². The van der Waals surface area contributed by atoms with Gasteiger partial charge < -0.3 is 5.11 Å². The van der Waals surface area contributed by atoms with Crippen LogP contribution in [0.15, 0.2) is 24.3 Å². The highest BCUT2D eigenvalue weighted by Crippen LogP contribution is 2.41. The van der Waals surface area contributed by atoms with Gasteiger partial charge in [0, 0.05) is 26.5 Å². The molecule has 1 nitrogen and oxygen atoms in total. The van der Waals surface area contributed by atoms with Gasteiger partial charge in [0.1, 0.15) is 0 Å². The van der Waals surface area contributed by atoms with Gasteiger partial charge in [-0.2, -0.15) is 23.5 Å². The molecule has 0 aliphatic carbocycles. The number of hydrogen-bond acceptors (Lipinski definition) is 3. The van der Waals surface area contributed by atoms with Gasteiger partial charge in [-0.05, 0) is 17.7 Å². The Morgan fingerprint density at radius 3 is 2.47 bits per heavy atom. The predicted molar refractivity (Wildman–Crippen MR) is 79.2 cm³/mol. The SMILES string of the molecule is CC1SCC(C(O)c2ccc(Cl)cc2)SC1C. The van der Waals surface area contributed by atoms with Crippen molar-refractivity contribution in [3.63, 3.8) is 0 Å². The summed E-state index contributed by atoms with van der Waals surface area (Å²) in [7, 11) is 0. The van der Waals surface area contributed by atoms with Crippen LogP contribution in [0.1, 0.15) is 25.5 Å². The molecule has 17 heavy (non-hydrogen) atoms. The van der Waals surface area contributed by atoms with Gasteiger partial charge >= 0.3 is 0 Å². The van der Waals surface area contributed by atoms with Crippen molar-refractivity contribution in [1.82, 2.24) is 0 Å². The third kappa shape index (κ3) is 3.34. The Morgan fingerprint density at radius 2 is 1.88 bits per heavy atom. The molecule has 4 heteroatoms. The van der Waals surface area contributed by atoms with Gasteiger partial charge in [-0.15, -0.1) is 0 Å². The van der Waals surface area contributed by atoms with Gasteiger partial charge in [0.2, 0.25) is 0 Å². The van der Waals surface area contributed by atoms with Gasteiger partial charge in [0.05, 0.1) is 6.10 Å². The van der Waals surface area contributed by atoms with Crippen molar-refractivity contribution in [2.24, 2.45) is 0 Å². The van der Waals surface area contributed by atoms with E-state index in [9.17, 15) is 5.11 Å². The van der Waals surface area contributed by atoms with Crippen molar-refractivity contribution in [2.75, 3.05) is 5.75 Å². The maximum Gasteiger partial charge on any atom is 0.0916 e. The molecule has 0 spiro atoms. The lowest BCUT2D eigenvalue weighted by Gasteiger charge is -2.34. The number of hydrogen-bond donors (Lipinski definition) is 1. The topological polar surface area (TPSA) is 20.2 Å². The van der Waals surface area contributed by atoms with E-state index in [1.54, 1.807) is 0 Å². The van der Waals surface area contributed by atoms with Crippen LogP contribution in [0.5, 0.6) is 0 Å². The van der Waals surface area contributed by atoms with Crippen molar-refractivity contribution in [1.29, 1.82) is 0 Å². The molecule has 0 radical (unpaired) electrons. The monoisotopic (exact) mass is 288 g/mol. The zero-order valence-electron chi connectivity index (χ0n) is 9.97. The van der Waals surface area contributed by atoms with E-state index in [1.807, 2.05) is 47.8 Å². The van der Waals surface area contributed by atoms with Crippen LogP contribution in [-0.2, 0) is 0 Å². The van der Waals surface area contributed by atoms with Crippen LogP contribution in [0.3, 0.4) is 0 Å². The molecule has 4 atom stereocenters. The highest BCUT2D eigenvalue weighted by atomic mass is 35.5. The summed E-state index contributed by atoms with van der Waals surface area (Å²) in [4.78, 5) is 0. The van der Waals surface area contributed by atoms with Crippen LogP contribution in [-0.4, -0.2) is 26.6 Å². The first-order valence-electron chi connectivity index (χ1n) is 5.78. The van der Waals surface area contributed by atoms with E-state index in [0.29, 0.717) is 15.5 Å². The highest BCUT2D eigenvalue weighted by Gasteiger charge is 2.30. The van der Waals surface area contributed by atoms with E-state index in [1.165, 1.54) is 0 Å². The molecule has 1 saturated heterocycles. The molecule has 1 aliphatic heterocycles. The summed E-state index contributed by atoms with van der Waals surface area (Å²) in [5, 5.41) is 12.6. The Kier molecular flexibility index (Phi) is 4.70. The molecule has 0 amide bonds. The summed E-state index contributed by atoms with van der Waals surface area (Å²) >= 11 is 9.70. The van der Waals surface area contributed by atoms with E-state index >= 15 is 0 Å². The molecule has 1 aliphatic rings. The molecule has 1 fully saturated rings. The van der Waals surface area contributed by atoms with E-state index in [4.69, 9.17) is 11.6 Å². The number of thioether (sulfide) groups is 2. The first-order valence-corrected chi connectivity index (χ1v) is 8.15. The normalized spacial score (nSPS) is 31.2. The van der Waals surface area contributed by atoms with Gasteiger partial charge in [-0.3, -0.25) is 0 Å². The maximum atomic E-state index is 10.4. The Hall–Kier alpha value is 0.170. The van der Waals surface area contributed by atoms with E-state index in [0.717, 1.165) is 11.3 Å². The molecule has 94 valence electrons. The van der Waals surface area contributed by atoms with Gasteiger partial charge in [0.15, 0.2) is 0 Å². The molecule has 4 unspecified atom stereocenters. The molecule has 0 saturated carbocycles. The lowest BCUT2D eigenvalue weighted by atomic mass is 10.1. The smallest absolute Gasteiger partial charge is 0.0916 e. The molecule has 1 N–H and O–H groups in total. The zero-order valence-corrected chi connectivity index (χ0v) is 12.4. The van der Waals surface area contributed by atoms with Gasteiger partial charge in [-0.25, -0.2) is 0 Å². The second-order valence-corrected chi connectivity index (χ2v) is 7.88. The van der Waals surface area contributed by atoms with Crippen molar-refractivity contribution in [3.8, 4) is 0 Å². The van der Waals surface area contributed by atoms with Crippen molar-refractivity contribution in [3.05, 3.63) is 34.9 Å². The van der Waals surface area contributed by atoms with Crippen LogP contribution in [0, 0.1) is 0 Å².